The molecule has 1 unspecified atom stereocenters. The van der Waals surface area contributed by atoms with Gasteiger partial charge in [-0.2, -0.15) is 0 Å². The summed E-state index contributed by atoms with van der Waals surface area (Å²) in [7, 11) is 0. The van der Waals surface area contributed by atoms with Crippen molar-refractivity contribution in [1.82, 2.24) is 5.32 Å². The van der Waals surface area contributed by atoms with E-state index in [1.807, 2.05) is 0 Å². The summed E-state index contributed by atoms with van der Waals surface area (Å²) in [6, 6.07) is 0. The van der Waals surface area contributed by atoms with Crippen LogP contribution < -0.4 is 5.32 Å². The summed E-state index contributed by atoms with van der Waals surface area (Å²) >= 11 is 0. The Kier molecular flexibility index (Phi) is 6.08. The fourth-order valence-electron chi connectivity index (χ4n) is 1.35. The lowest BCUT2D eigenvalue weighted by Crippen LogP contribution is -2.30. The van der Waals surface area contributed by atoms with Gasteiger partial charge in [0.25, 0.3) is 0 Å². The van der Waals surface area contributed by atoms with E-state index in [1.54, 1.807) is 0 Å². The molecule has 1 fully saturated rings. The molecule has 3 heteroatoms. The van der Waals surface area contributed by atoms with E-state index in [1.165, 1.54) is 19.4 Å². The molecule has 0 spiro atoms. The normalized spacial score (nSPS) is 25.5. The smallest absolute Gasteiger partial charge is 0.0434 e. The molecule has 1 heterocycles. The van der Waals surface area contributed by atoms with E-state index >= 15 is 0 Å². The molecule has 62 valence electrons. The first kappa shape index (κ1) is 10.2. The van der Waals surface area contributed by atoms with Gasteiger partial charge in [0.1, 0.15) is 0 Å². The van der Waals surface area contributed by atoms with Crippen LogP contribution >= 0.6 is 12.4 Å². The first-order valence-electron chi connectivity index (χ1n) is 3.75. The van der Waals surface area contributed by atoms with Gasteiger partial charge in [-0.15, -0.1) is 12.4 Å². The summed E-state index contributed by atoms with van der Waals surface area (Å²) in [4.78, 5) is 0. The Morgan fingerprint density at radius 2 is 2.30 bits per heavy atom. The molecule has 1 aliphatic rings. The zero-order valence-corrected chi connectivity index (χ0v) is 6.99. The Morgan fingerprint density at radius 1 is 1.50 bits per heavy atom. The highest BCUT2D eigenvalue weighted by molar-refractivity contribution is 5.85. The monoisotopic (exact) mass is 165 g/mol. The summed E-state index contributed by atoms with van der Waals surface area (Å²) in [6.45, 7) is 2.63. The molecule has 10 heavy (non-hydrogen) atoms. The molecule has 2 N–H and O–H groups in total. The maximum atomic E-state index is 8.59. The highest BCUT2D eigenvalue weighted by Gasteiger charge is 2.10. The SMILES string of the molecule is Cl.OCCC1CCCNC1. The van der Waals surface area contributed by atoms with Crippen LogP contribution in [-0.4, -0.2) is 24.8 Å². The van der Waals surface area contributed by atoms with Crippen LogP contribution in [-0.2, 0) is 0 Å². The van der Waals surface area contributed by atoms with Crippen LogP contribution in [0, 0.1) is 5.92 Å². The predicted molar refractivity (Wildman–Crippen MR) is 44.5 cm³/mol. The second-order valence-electron chi connectivity index (χ2n) is 2.72. The first-order valence-corrected chi connectivity index (χ1v) is 3.75. The van der Waals surface area contributed by atoms with Gasteiger partial charge in [0.15, 0.2) is 0 Å². The van der Waals surface area contributed by atoms with Gasteiger partial charge in [0.2, 0.25) is 0 Å². The number of halogens is 1. The van der Waals surface area contributed by atoms with Gasteiger partial charge in [0.05, 0.1) is 0 Å². The average molecular weight is 166 g/mol. The van der Waals surface area contributed by atoms with Crippen LogP contribution in [0.25, 0.3) is 0 Å². The van der Waals surface area contributed by atoms with Crippen molar-refractivity contribution in [1.29, 1.82) is 0 Å². The van der Waals surface area contributed by atoms with E-state index in [-0.39, 0.29) is 12.4 Å². The topological polar surface area (TPSA) is 32.3 Å². The van der Waals surface area contributed by atoms with Crippen molar-refractivity contribution in [2.24, 2.45) is 5.92 Å². The van der Waals surface area contributed by atoms with E-state index in [2.05, 4.69) is 5.32 Å². The molecule has 2 nitrogen and oxygen atoms in total. The minimum absolute atomic E-state index is 0. The quantitative estimate of drug-likeness (QED) is 0.634. The molecule has 1 rings (SSSR count). The zero-order chi connectivity index (χ0) is 6.53. The van der Waals surface area contributed by atoms with Crippen LogP contribution in [0.2, 0.25) is 0 Å². The fourth-order valence-corrected chi connectivity index (χ4v) is 1.35. The molecule has 1 saturated heterocycles. The Labute approximate surface area is 68.4 Å². The lowest BCUT2D eigenvalue weighted by atomic mass is 9.97. The third-order valence-electron chi connectivity index (χ3n) is 1.94. The summed E-state index contributed by atoms with van der Waals surface area (Å²) in [5.41, 5.74) is 0. The number of rotatable bonds is 2. The lowest BCUT2D eigenvalue weighted by Gasteiger charge is -2.21. The molecular weight excluding hydrogens is 150 g/mol. The summed E-state index contributed by atoms with van der Waals surface area (Å²) < 4.78 is 0. The number of nitrogens with one attached hydrogen (secondary N) is 1. The first-order chi connectivity index (χ1) is 4.43. The van der Waals surface area contributed by atoms with Crippen molar-refractivity contribution >= 4 is 12.4 Å². The van der Waals surface area contributed by atoms with Gasteiger partial charge in [-0.05, 0) is 38.3 Å². The second kappa shape index (κ2) is 5.96. The third kappa shape index (κ3) is 3.40. The maximum absolute atomic E-state index is 8.59. The lowest BCUT2D eigenvalue weighted by molar-refractivity contribution is 0.237. The minimum atomic E-state index is 0. The minimum Gasteiger partial charge on any atom is -0.396 e. The number of piperidine rings is 1. The molecule has 0 bridgehead atoms. The highest BCUT2D eigenvalue weighted by Crippen LogP contribution is 2.12. The standard InChI is InChI=1S/C7H15NO.ClH/c9-5-3-7-2-1-4-8-6-7;/h7-9H,1-6H2;1H. The van der Waals surface area contributed by atoms with Crippen molar-refractivity contribution in [3.05, 3.63) is 0 Å². The van der Waals surface area contributed by atoms with Gasteiger partial charge < -0.3 is 10.4 Å². The predicted octanol–water partition coefficient (Wildman–Crippen LogP) is 0.790. The van der Waals surface area contributed by atoms with Gasteiger partial charge >= 0.3 is 0 Å². The van der Waals surface area contributed by atoms with Crippen LogP contribution in [0.3, 0.4) is 0 Å². The van der Waals surface area contributed by atoms with E-state index in [0.29, 0.717) is 6.61 Å². The van der Waals surface area contributed by atoms with Gasteiger partial charge in [0, 0.05) is 6.61 Å². The number of aliphatic hydroxyl groups is 1. The van der Waals surface area contributed by atoms with E-state index in [4.69, 9.17) is 5.11 Å². The van der Waals surface area contributed by atoms with Gasteiger partial charge in [-0.3, -0.25) is 0 Å². The second-order valence-corrected chi connectivity index (χ2v) is 2.72. The van der Waals surface area contributed by atoms with Crippen molar-refractivity contribution in [3.63, 3.8) is 0 Å². The van der Waals surface area contributed by atoms with E-state index < -0.39 is 0 Å². The third-order valence-corrected chi connectivity index (χ3v) is 1.94. The van der Waals surface area contributed by atoms with Crippen molar-refractivity contribution in [2.45, 2.75) is 19.3 Å². The van der Waals surface area contributed by atoms with Crippen molar-refractivity contribution in [3.8, 4) is 0 Å². The molecular formula is C7H16ClNO. The molecule has 0 amide bonds. The molecule has 0 saturated carbocycles. The number of hydrogen-bond acceptors (Lipinski definition) is 2. The maximum Gasteiger partial charge on any atom is 0.0434 e. The average Bonchev–Trinajstić information content (AvgIpc) is 1.91. The molecule has 1 aliphatic heterocycles. The molecule has 1 atom stereocenters. The molecule has 0 aromatic carbocycles. The molecule has 0 radical (unpaired) electrons. The Bertz CT molecular complexity index is 71.3. The van der Waals surface area contributed by atoms with Crippen LogP contribution in [0.5, 0.6) is 0 Å². The van der Waals surface area contributed by atoms with Gasteiger partial charge in [-0.1, -0.05) is 0 Å². The summed E-state index contributed by atoms with van der Waals surface area (Å²) in [5, 5.41) is 11.9. The fraction of sp³-hybridized carbons (Fsp3) is 1.00. The number of hydrogen-bond donors (Lipinski definition) is 2. The largest absolute Gasteiger partial charge is 0.396 e. The highest BCUT2D eigenvalue weighted by atomic mass is 35.5. The van der Waals surface area contributed by atoms with E-state index in [9.17, 15) is 0 Å². The molecule has 0 aliphatic carbocycles. The Morgan fingerprint density at radius 3 is 2.80 bits per heavy atom. The molecule has 0 aromatic heterocycles. The number of aliphatic hydroxyl groups excluding tert-OH is 1. The Hall–Kier alpha value is 0.210. The van der Waals surface area contributed by atoms with Gasteiger partial charge in [-0.25, -0.2) is 0 Å². The van der Waals surface area contributed by atoms with Crippen molar-refractivity contribution < 1.29 is 5.11 Å². The van der Waals surface area contributed by atoms with E-state index in [0.717, 1.165) is 18.9 Å². The summed E-state index contributed by atoms with van der Waals surface area (Å²) in [6.07, 6.45) is 3.56. The van der Waals surface area contributed by atoms with Crippen molar-refractivity contribution in [2.75, 3.05) is 19.7 Å². The van der Waals surface area contributed by atoms with Crippen LogP contribution in [0.15, 0.2) is 0 Å². The molecule has 0 aromatic rings. The zero-order valence-electron chi connectivity index (χ0n) is 6.18. The Balaban J connectivity index is 0.000000810. The van der Waals surface area contributed by atoms with Crippen LogP contribution in [0.4, 0.5) is 0 Å². The summed E-state index contributed by atoms with van der Waals surface area (Å²) in [5.74, 6) is 0.740. The van der Waals surface area contributed by atoms with Crippen LogP contribution in [0.1, 0.15) is 19.3 Å².